The summed E-state index contributed by atoms with van der Waals surface area (Å²) >= 11 is 0. The molecule has 0 bridgehead atoms. The highest BCUT2D eigenvalue weighted by atomic mass is 16.4. The smallest absolute Gasteiger partial charge is 0.356 e. The van der Waals surface area contributed by atoms with E-state index < -0.39 is 5.97 Å². The van der Waals surface area contributed by atoms with Crippen LogP contribution in [0.3, 0.4) is 0 Å². The van der Waals surface area contributed by atoms with Gasteiger partial charge in [-0.15, -0.1) is 0 Å². The van der Waals surface area contributed by atoms with Crippen LogP contribution in [0.4, 0.5) is 0 Å². The fraction of sp³-hybridized carbons (Fsp3) is 0.643. The fourth-order valence-corrected chi connectivity index (χ4v) is 3.29. The summed E-state index contributed by atoms with van der Waals surface area (Å²) in [5.74, 6) is -0.866. The molecule has 2 aliphatic rings. The van der Waals surface area contributed by atoms with E-state index in [-0.39, 0.29) is 17.5 Å². The number of nitrogens with zero attached hydrogens (tertiary/aromatic N) is 3. The van der Waals surface area contributed by atoms with E-state index in [1.165, 1.54) is 0 Å². The van der Waals surface area contributed by atoms with Crippen LogP contribution >= 0.6 is 0 Å². The lowest BCUT2D eigenvalue weighted by atomic mass is 9.95. The number of hydrogen-bond donors (Lipinski definition) is 2. The zero-order valence-corrected chi connectivity index (χ0v) is 12.1. The molecule has 1 unspecified atom stereocenters. The predicted octanol–water partition coefficient (Wildman–Crippen LogP) is 0.334. The van der Waals surface area contributed by atoms with Crippen LogP contribution in [0.1, 0.15) is 34.6 Å². The van der Waals surface area contributed by atoms with Crippen molar-refractivity contribution in [2.75, 3.05) is 26.7 Å². The van der Waals surface area contributed by atoms with Gasteiger partial charge in [0.15, 0.2) is 5.69 Å². The Kier molecular flexibility index (Phi) is 3.67. The Morgan fingerprint density at radius 2 is 2.19 bits per heavy atom. The highest BCUT2D eigenvalue weighted by molar-refractivity contribution is 5.88. The van der Waals surface area contributed by atoms with Crippen molar-refractivity contribution in [2.24, 2.45) is 5.92 Å². The molecule has 2 N–H and O–H groups in total. The summed E-state index contributed by atoms with van der Waals surface area (Å²) in [4.78, 5) is 27.8. The van der Waals surface area contributed by atoms with Crippen LogP contribution in [-0.2, 0) is 17.8 Å². The van der Waals surface area contributed by atoms with Gasteiger partial charge in [0.2, 0.25) is 5.91 Å². The number of carboxylic acids is 1. The molecule has 3 heterocycles. The number of hydrogen-bond acceptors (Lipinski definition) is 4. The Morgan fingerprint density at radius 1 is 1.38 bits per heavy atom. The summed E-state index contributed by atoms with van der Waals surface area (Å²) in [6.45, 7) is 2.82. The molecule has 1 atom stereocenters. The molecule has 2 aliphatic heterocycles. The van der Waals surface area contributed by atoms with E-state index in [2.05, 4.69) is 15.1 Å². The van der Waals surface area contributed by atoms with Gasteiger partial charge in [-0.1, -0.05) is 0 Å². The third-order valence-corrected chi connectivity index (χ3v) is 4.42. The zero-order valence-electron chi connectivity index (χ0n) is 12.1. The summed E-state index contributed by atoms with van der Waals surface area (Å²) in [6.07, 6.45) is 2.60. The van der Waals surface area contributed by atoms with Crippen LogP contribution in [0.5, 0.6) is 0 Å². The Morgan fingerprint density at radius 3 is 2.90 bits per heavy atom. The van der Waals surface area contributed by atoms with Gasteiger partial charge in [-0.3, -0.25) is 9.89 Å². The number of rotatable bonds is 2. The van der Waals surface area contributed by atoms with Crippen molar-refractivity contribution in [3.8, 4) is 0 Å². The molecule has 1 fully saturated rings. The summed E-state index contributed by atoms with van der Waals surface area (Å²) in [6, 6.07) is 0. The SMILES string of the molecule is CN1CCCC(C(=O)N2CCc3[nH]nc(C(=O)O)c3C2)C1. The molecule has 21 heavy (non-hydrogen) atoms. The number of fused-ring (bicyclic) bond motifs is 1. The van der Waals surface area contributed by atoms with E-state index >= 15 is 0 Å². The van der Waals surface area contributed by atoms with E-state index in [0.29, 0.717) is 25.1 Å². The second-order valence-electron chi connectivity index (χ2n) is 5.95. The first kappa shape index (κ1) is 14.1. The van der Waals surface area contributed by atoms with Gasteiger partial charge >= 0.3 is 5.97 Å². The molecule has 1 amide bonds. The van der Waals surface area contributed by atoms with Gasteiger partial charge in [-0.2, -0.15) is 5.10 Å². The third kappa shape index (κ3) is 2.65. The van der Waals surface area contributed by atoms with Crippen molar-refractivity contribution < 1.29 is 14.7 Å². The fourth-order valence-electron chi connectivity index (χ4n) is 3.29. The predicted molar refractivity (Wildman–Crippen MR) is 74.9 cm³/mol. The van der Waals surface area contributed by atoms with Gasteiger partial charge in [0, 0.05) is 37.3 Å². The van der Waals surface area contributed by atoms with Crippen LogP contribution in [0, 0.1) is 5.92 Å². The zero-order chi connectivity index (χ0) is 15.0. The average Bonchev–Trinajstić information content (AvgIpc) is 2.89. The molecule has 7 heteroatoms. The maximum Gasteiger partial charge on any atom is 0.356 e. The third-order valence-electron chi connectivity index (χ3n) is 4.42. The van der Waals surface area contributed by atoms with Gasteiger partial charge in [0.1, 0.15) is 0 Å². The normalized spacial score (nSPS) is 22.9. The molecule has 0 aromatic carbocycles. The minimum atomic E-state index is -1.04. The topological polar surface area (TPSA) is 89.5 Å². The number of carbonyl (C=O) groups excluding carboxylic acids is 1. The minimum absolute atomic E-state index is 0.0329. The highest BCUT2D eigenvalue weighted by Gasteiger charge is 2.32. The molecular formula is C14H20N4O3. The molecule has 114 valence electrons. The number of aromatic amines is 1. The van der Waals surface area contributed by atoms with Crippen molar-refractivity contribution in [1.29, 1.82) is 0 Å². The lowest BCUT2D eigenvalue weighted by Crippen LogP contribution is -2.45. The Balaban J connectivity index is 1.74. The summed E-state index contributed by atoms with van der Waals surface area (Å²) in [5.41, 5.74) is 1.55. The maximum absolute atomic E-state index is 12.6. The number of carboxylic acid groups (broad SMARTS) is 1. The summed E-state index contributed by atoms with van der Waals surface area (Å²) in [7, 11) is 2.03. The second kappa shape index (κ2) is 5.48. The van der Waals surface area contributed by atoms with E-state index in [1.807, 2.05) is 7.05 Å². The molecule has 0 radical (unpaired) electrons. The molecule has 0 spiro atoms. The largest absolute Gasteiger partial charge is 0.476 e. The van der Waals surface area contributed by atoms with E-state index in [4.69, 9.17) is 5.11 Å². The number of H-pyrrole nitrogens is 1. The van der Waals surface area contributed by atoms with Gasteiger partial charge in [-0.25, -0.2) is 4.79 Å². The highest BCUT2D eigenvalue weighted by Crippen LogP contribution is 2.24. The molecule has 1 aromatic heterocycles. The summed E-state index contributed by atoms with van der Waals surface area (Å²) in [5, 5.41) is 15.8. The maximum atomic E-state index is 12.6. The summed E-state index contributed by atoms with van der Waals surface area (Å²) < 4.78 is 0. The van der Waals surface area contributed by atoms with E-state index in [1.54, 1.807) is 4.90 Å². The Bertz CT molecular complexity index is 569. The van der Waals surface area contributed by atoms with E-state index in [0.717, 1.165) is 31.6 Å². The van der Waals surface area contributed by atoms with Crippen molar-refractivity contribution >= 4 is 11.9 Å². The van der Waals surface area contributed by atoms with Gasteiger partial charge in [0.05, 0.1) is 5.92 Å². The first-order chi connectivity index (χ1) is 10.1. The van der Waals surface area contributed by atoms with E-state index in [9.17, 15) is 9.59 Å². The van der Waals surface area contributed by atoms with Gasteiger partial charge in [-0.05, 0) is 26.4 Å². The number of piperidine rings is 1. The molecule has 7 nitrogen and oxygen atoms in total. The van der Waals surface area contributed by atoms with Crippen LogP contribution in [-0.4, -0.2) is 63.7 Å². The molecule has 3 rings (SSSR count). The van der Waals surface area contributed by atoms with Crippen molar-refractivity contribution in [3.63, 3.8) is 0 Å². The van der Waals surface area contributed by atoms with Crippen LogP contribution in [0.2, 0.25) is 0 Å². The lowest BCUT2D eigenvalue weighted by molar-refractivity contribution is -0.138. The van der Waals surface area contributed by atoms with Gasteiger partial charge in [0.25, 0.3) is 0 Å². The quantitative estimate of drug-likeness (QED) is 0.820. The molecule has 1 aromatic rings. The van der Waals surface area contributed by atoms with Gasteiger partial charge < -0.3 is 14.9 Å². The van der Waals surface area contributed by atoms with Crippen molar-refractivity contribution in [2.45, 2.75) is 25.8 Å². The Labute approximate surface area is 122 Å². The molecular weight excluding hydrogens is 272 g/mol. The van der Waals surface area contributed by atoms with Crippen LogP contribution in [0.25, 0.3) is 0 Å². The molecule has 0 aliphatic carbocycles. The number of amides is 1. The number of carbonyl (C=O) groups is 2. The number of aromatic carboxylic acids is 1. The molecule has 1 saturated heterocycles. The number of aromatic nitrogens is 2. The monoisotopic (exact) mass is 292 g/mol. The van der Waals surface area contributed by atoms with Crippen molar-refractivity contribution in [1.82, 2.24) is 20.0 Å². The lowest BCUT2D eigenvalue weighted by Gasteiger charge is -2.34. The number of likely N-dealkylation sites (tertiary alicyclic amines) is 1. The van der Waals surface area contributed by atoms with Crippen LogP contribution < -0.4 is 0 Å². The first-order valence-corrected chi connectivity index (χ1v) is 7.33. The average molecular weight is 292 g/mol. The minimum Gasteiger partial charge on any atom is -0.476 e. The molecule has 0 saturated carbocycles. The first-order valence-electron chi connectivity index (χ1n) is 7.33. The Hall–Kier alpha value is -1.89. The standard InChI is InChI=1S/C14H20N4O3/c1-17-5-2-3-9(7-17)13(19)18-6-4-11-10(8-18)12(14(20)21)16-15-11/h9H,2-8H2,1H3,(H,15,16)(H,20,21). The van der Waals surface area contributed by atoms with Crippen molar-refractivity contribution in [3.05, 3.63) is 17.0 Å². The number of nitrogens with one attached hydrogen (secondary N) is 1. The van der Waals surface area contributed by atoms with Crippen LogP contribution in [0.15, 0.2) is 0 Å². The second-order valence-corrected chi connectivity index (χ2v) is 5.95.